The number of carbonyl (C=O) groups excluding carboxylic acids is 1. The predicted molar refractivity (Wildman–Crippen MR) is 45.5 cm³/mol. The van der Waals surface area contributed by atoms with Crippen molar-refractivity contribution in [1.29, 1.82) is 0 Å². The Morgan fingerprint density at radius 2 is 2.25 bits per heavy atom. The second-order valence-corrected chi connectivity index (χ2v) is 2.76. The zero-order chi connectivity index (χ0) is 9.56. The van der Waals surface area contributed by atoms with Crippen molar-refractivity contribution in [3.63, 3.8) is 0 Å². The molecule has 2 atom stereocenters. The molecular formula is C8H17NO3. The molecule has 4 nitrogen and oxygen atoms in total. The highest BCUT2D eigenvalue weighted by Gasteiger charge is 2.13. The number of aliphatic hydroxyl groups is 1. The maximum absolute atomic E-state index is 10.4. The maximum Gasteiger partial charge on any atom is 0.211 e. The lowest BCUT2D eigenvalue weighted by molar-refractivity contribution is -0.138. The summed E-state index contributed by atoms with van der Waals surface area (Å²) in [6.07, 6.45) is 0.986. The number of carbonyl (C=O) groups is 1. The second-order valence-electron chi connectivity index (χ2n) is 2.76. The van der Waals surface area contributed by atoms with Gasteiger partial charge in [0.05, 0.1) is 12.7 Å². The number of aliphatic hydroxyl groups excluding tert-OH is 1. The van der Waals surface area contributed by atoms with Crippen molar-refractivity contribution in [1.82, 2.24) is 4.90 Å². The fourth-order valence-electron chi connectivity index (χ4n) is 0.859. The molecule has 0 fully saturated rings. The Bertz CT molecular complexity index is 129. The second kappa shape index (κ2) is 5.97. The summed E-state index contributed by atoms with van der Waals surface area (Å²) in [6.45, 7) is 3.67. The first-order valence-electron chi connectivity index (χ1n) is 4.09. The zero-order valence-corrected chi connectivity index (χ0v) is 7.86. The molecule has 0 aliphatic rings. The summed E-state index contributed by atoms with van der Waals surface area (Å²) in [7, 11) is 1.66. The Morgan fingerprint density at radius 1 is 1.67 bits per heavy atom. The van der Waals surface area contributed by atoms with Crippen molar-refractivity contribution < 1.29 is 14.6 Å². The molecule has 0 aliphatic carbocycles. The highest BCUT2D eigenvalue weighted by Crippen LogP contribution is 2.04. The first-order valence-corrected chi connectivity index (χ1v) is 4.09. The third kappa shape index (κ3) is 3.69. The third-order valence-corrected chi connectivity index (χ3v) is 1.62. The Balaban J connectivity index is 3.89. The quantitative estimate of drug-likeness (QED) is 0.463. The van der Waals surface area contributed by atoms with Crippen LogP contribution in [0.15, 0.2) is 0 Å². The van der Waals surface area contributed by atoms with Gasteiger partial charge in [-0.1, -0.05) is 6.92 Å². The van der Waals surface area contributed by atoms with E-state index in [-0.39, 0.29) is 18.9 Å². The molecule has 0 aromatic rings. The van der Waals surface area contributed by atoms with E-state index in [1.54, 1.807) is 14.0 Å². The molecule has 0 bridgehead atoms. The summed E-state index contributed by atoms with van der Waals surface area (Å²) in [5.74, 6) is 0. The van der Waals surface area contributed by atoms with Gasteiger partial charge >= 0.3 is 0 Å². The van der Waals surface area contributed by atoms with Crippen molar-refractivity contribution in [2.45, 2.75) is 32.6 Å². The first kappa shape index (κ1) is 11.4. The fourth-order valence-corrected chi connectivity index (χ4v) is 0.859. The third-order valence-electron chi connectivity index (χ3n) is 1.62. The molecule has 0 saturated carbocycles. The smallest absolute Gasteiger partial charge is 0.211 e. The van der Waals surface area contributed by atoms with Gasteiger partial charge in [0.15, 0.2) is 0 Å². The van der Waals surface area contributed by atoms with Gasteiger partial charge in [-0.05, 0) is 13.3 Å². The van der Waals surface area contributed by atoms with Crippen molar-refractivity contribution >= 4 is 6.41 Å². The summed E-state index contributed by atoms with van der Waals surface area (Å²) in [5.41, 5.74) is 0. The molecule has 1 N–H and O–H groups in total. The standard InChI is InChI=1S/C8H17NO3/c1-4-8(9(3)6-11)12-7(2)5-10/h6-8,10H,4-5H2,1-3H3. The average molecular weight is 175 g/mol. The lowest BCUT2D eigenvalue weighted by Crippen LogP contribution is -2.35. The molecule has 0 heterocycles. The Labute approximate surface area is 73.1 Å². The molecule has 12 heavy (non-hydrogen) atoms. The van der Waals surface area contributed by atoms with Gasteiger partial charge in [-0.15, -0.1) is 0 Å². The molecule has 72 valence electrons. The summed E-state index contributed by atoms with van der Waals surface area (Å²) >= 11 is 0. The van der Waals surface area contributed by atoms with Crippen molar-refractivity contribution in [2.75, 3.05) is 13.7 Å². The fraction of sp³-hybridized carbons (Fsp3) is 0.875. The van der Waals surface area contributed by atoms with E-state index in [4.69, 9.17) is 9.84 Å². The van der Waals surface area contributed by atoms with Crippen LogP contribution < -0.4 is 0 Å². The molecule has 0 aromatic heterocycles. The van der Waals surface area contributed by atoms with Gasteiger partial charge in [0.2, 0.25) is 6.41 Å². The number of hydrogen-bond acceptors (Lipinski definition) is 3. The normalized spacial score (nSPS) is 15.3. The van der Waals surface area contributed by atoms with Crippen LogP contribution in [-0.4, -0.2) is 42.4 Å². The molecular weight excluding hydrogens is 158 g/mol. The lowest BCUT2D eigenvalue weighted by Gasteiger charge is -2.26. The van der Waals surface area contributed by atoms with Crippen LogP contribution in [0.5, 0.6) is 0 Å². The summed E-state index contributed by atoms with van der Waals surface area (Å²) in [4.78, 5) is 11.8. The molecule has 0 rings (SSSR count). The average Bonchev–Trinajstić information content (AvgIpc) is 2.12. The van der Waals surface area contributed by atoms with Crippen LogP contribution in [0.2, 0.25) is 0 Å². The van der Waals surface area contributed by atoms with E-state index in [9.17, 15) is 4.79 Å². The van der Waals surface area contributed by atoms with Gasteiger partial charge in [0.25, 0.3) is 0 Å². The number of rotatable bonds is 6. The van der Waals surface area contributed by atoms with Crippen LogP contribution in [-0.2, 0) is 9.53 Å². The first-order chi connectivity index (χ1) is 5.65. The molecule has 2 unspecified atom stereocenters. The van der Waals surface area contributed by atoms with E-state index < -0.39 is 0 Å². The monoisotopic (exact) mass is 175 g/mol. The number of ether oxygens (including phenoxy) is 1. The van der Waals surface area contributed by atoms with Crippen LogP contribution in [0, 0.1) is 0 Å². The van der Waals surface area contributed by atoms with Crippen LogP contribution in [0.1, 0.15) is 20.3 Å². The topological polar surface area (TPSA) is 49.8 Å². The number of nitrogens with zero attached hydrogens (tertiary/aromatic N) is 1. The summed E-state index contributed by atoms with van der Waals surface area (Å²) < 4.78 is 5.35. The van der Waals surface area contributed by atoms with Crippen LogP contribution >= 0.6 is 0 Å². The predicted octanol–water partition coefficient (Wildman–Crippen LogP) is 0.208. The minimum Gasteiger partial charge on any atom is -0.394 e. The van der Waals surface area contributed by atoms with Crippen LogP contribution in [0.25, 0.3) is 0 Å². The van der Waals surface area contributed by atoms with Gasteiger partial charge in [0.1, 0.15) is 6.23 Å². The van der Waals surface area contributed by atoms with E-state index in [2.05, 4.69) is 0 Å². The molecule has 0 spiro atoms. The van der Waals surface area contributed by atoms with Gasteiger partial charge in [0, 0.05) is 7.05 Å². The van der Waals surface area contributed by atoms with Crippen molar-refractivity contribution in [2.24, 2.45) is 0 Å². The lowest BCUT2D eigenvalue weighted by atomic mass is 10.3. The number of hydrogen-bond donors (Lipinski definition) is 1. The van der Waals surface area contributed by atoms with Crippen molar-refractivity contribution in [3.8, 4) is 0 Å². The van der Waals surface area contributed by atoms with Gasteiger partial charge in [-0.25, -0.2) is 0 Å². The Hall–Kier alpha value is -0.610. The van der Waals surface area contributed by atoms with E-state index >= 15 is 0 Å². The highest BCUT2D eigenvalue weighted by molar-refractivity contribution is 5.46. The molecule has 1 amide bonds. The Morgan fingerprint density at radius 3 is 2.58 bits per heavy atom. The van der Waals surface area contributed by atoms with Crippen LogP contribution in [0.4, 0.5) is 0 Å². The molecule has 4 heteroatoms. The van der Waals surface area contributed by atoms with Gasteiger partial charge < -0.3 is 14.7 Å². The van der Waals surface area contributed by atoms with E-state index in [0.29, 0.717) is 0 Å². The molecule has 0 saturated heterocycles. The summed E-state index contributed by atoms with van der Waals surface area (Å²) in [6, 6.07) is 0. The van der Waals surface area contributed by atoms with E-state index in [0.717, 1.165) is 12.8 Å². The van der Waals surface area contributed by atoms with Crippen LogP contribution in [0.3, 0.4) is 0 Å². The molecule has 0 radical (unpaired) electrons. The minimum atomic E-state index is -0.232. The van der Waals surface area contributed by atoms with Gasteiger partial charge in [-0.2, -0.15) is 0 Å². The minimum absolute atomic E-state index is 0.0246. The van der Waals surface area contributed by atoms with Gasteiger partial charge in [-0.3, -0.25) is 4.79 Å². The largest absolute Gasteiger partial charge is 0.394 e. The maximum atomic E-state index is 10.4. The van der Waals surface area contributed by atoms with E-state index in [1.807, 2.05) is 6.92 Å². The van der Waals surface area contributed by atoms with E-state index in [1.165, 1.54) is 4.90 Å². The zero-order valence-electron chi connectivity index (χ0n) is 7.86. The molecule has 0 aliphatic heterocycles. The molecule has 0 aromatic carbocycles. The van der Waals surface area contributed by atoms with Crippen molar-refractivity contribution in [3.05, 3.63) is 0 Å². The highest BCUT2D eigenvalue weighted by atomic mass is 16.5. The Kier molecular flexibility index (Phi) is 5.66. The number of amides is 1. The summed E-state index contributed by atoms with van der Waals surface area (Å²) in [5, 5.41) is 8.70. The SMILES string of the molecule is CCC(OC(C)CO)N(C)C=O.